The fourth-order valence-corrected chi connectivity index (χ4v) is 2.75. The van der Waals surface area contributed by atoms with Crippen molar-refractivity contribution in [3.63, 3.8) is 0 Å². The van der Waals surface area contributed by atoms with Crippen LogP contribution >= 0.6 is 11.6 Å². The quantitative estimate of drug-likeness (QED) is 0.756. The summed E-state index contributed by atoms with van der Waals surface area (Å²) >= 11 is 5.91. The molecule has 1 aliphatic rings. The Morgan fingerprint density at radius 1 is 1.44 bits per heavy atom. The van der Waals surface area contributed by atoms with E-state index in [1.807, 2.05) is 19.4 Å². The largest absolute Gasteiger partial charge is 0.338 e. The number of nitrogens with zero attached hydrogens (tertiary/aromatic N) is 3. The number of halogens is 1. The van der Waals surface area contributed by atoms with Crippen molar-refractivity contribution in [1.82, 2.24) is 9.55 Å². The summed E-state index contributed by atoms with van der Waals surface area (Å²) in [6.45, 7) is 0.900. The number of anilines is 1. The standard InChI is InChI=1S/C12H20ClN3/c1-15-10-8-14-12(15)16(9-7-13)11-5-3-2-4-6-11/h8,10-11H,2-7,9H2,1H3. The molecule has 0 N–H and O–H groups in total. The molecule has 2 rings (SSSR count). The number of hydrogen-bond donors (Lipinski definition) is 0. The zero-order valence-electron chi connectivity index (χ0n) is 9.90. The highest BCUT2D eigenvalue weighted by atomic mass is 35.5. The minimum Gasteiger partial charge on any atom is -0.338 e. The number of imidazole rings is 1. The van der Waals surface area contributed by atoms with Crippen LogP contribution < -0.4 is 4.90 Å². The topological polar surface area (TPSA) is 21.1 Å². The van der Waals surface area contributed by atoms with Crippen molar-refractivity contribution >= 4 is 17.5 Å². The van der Waals surface area contributed by atoms with Gasteiger partial charge in [-0.2, -0.15) is 0 Å². The minimum absolute atomic E-state index is 0.633. The molecule has 1 fully saturated rings. The van der Waals surface area contributed by atoms with Gasteiger partial charge in [0.05, 0.1) is 0 Å². The summed E-state index contributed by atoms with van der Waals surface area (Å²) in [6.07, 6.45) is 10.5. The molecule has 1 aliphatic carbocycles. The van der Waals surface area contributed by atoms with Gasteiger partial charge in [-0.05, 0) is 12.8 Å². The molecule has 1 saturated carbocycles. The van der Waals surface area contributed by atoms with Gasteiger partial charge in [-0.25, -0.2) is 4.98 Å². The Morgan fingerprint density at radius 2 is 2.19 bits per heavy atom. The van der Waals surface area contributed by atoms with Gasteiger partial charge < -0.3 is 9.47 Å². The fourth-order valence-electron chi connectivity index (χ4n) is 2.56. The van der Waals surface area contributed by atoms with Gasteiger partial charge >= 0.3 is 0 Å². The van der Waals surface area contributed by atoms with E-state index in [1.165, 1.54) is 32.1 Å². The lowest BCUT2D eigenvalue weighted by molar-refractivity contribution is 0.413. The van der Waals surface area contributed by atoms with E-state index in [1.54, 1.807) is 0 Å². The first-order chi connectivity index (χ1) is 7.83. The predicted octanol–water partition coefficient (Wildman–Crippen LogP) is 2.80. The first kappa shape index (κ1) is 11.8. The zero-order chi connectivity index (χ0) is 11.4. The monoisotopic (exact) mass is 241 g/mol. The van der Waals surface area contributed by atoms with Crippen molar-refractivity contribution in [2.45, 2.75) is 38.1 Å². The SMILES string of the molecule is Cn1ccnc1N(CCCl)C1CCCCC1. The van der Waals surface area contributed by atoms with Crippen LogP contribution in [-0.4, -0.2) is 28.0 Å². The molecule has 4 heteroatoms. The van der Waals surface area contributed by atoms with Crippen LogP contribution in [0.25, 0.3) is 0 Å². The summed E-state index contributed by atoms with van der Waals surface area (Å²) in [6, 6.07) is 0.633. The van der Waals surface area contributed by atoms with Crippen LogP contribution in [-0.2, 0) is 7.05 Å². The third-order valence-corrected chi connectivity index (χ3v) is 3.56. The van der Waals surface area contributed by atoms with E-state index in [-0.39, 0.29) is 0 Å². The number of hydrogen-bond acceptors (Lipinski definition) is 2. The van der Waals surface area contributed by atoms with Crippen LogP contribution in [0.15, 0.2) is 12.4 Å². The van der Waals surface area contributed by atoms with Gasteiger partial charge in [-0.1, -0.05) is 19.3 Å². The Morgan fingerprint density at radius 3 is 2.75 bits per heavy atom. The molecule has 3 nitrogen and oxygen atoms in total. The Hall–Kier alpha value is -0.700. The van der Waals surface area contributed by atoms with Crippen LogP contribution in [0, 0.1) is 0 Å². The molecule has 0 amide bonds. The lowest BCUT2D eigenvalue weighted by atomic mass is 9.94. The predicted molar refractivity (Wildman–Crippen MR) is 68.1 cm³/mol. The molecule has 90 valence electrons. The van der Waals surface area contributed by atoms with Gasteiger partial charge in [0.15, 0.2) is 0 Å². The Kier molecular flexibility index (Phi) is 4.10. The van der Waals surface area contributed by atoms with E-state index in [2.05, 4.69) is 14.5 Å². The maximum atomic E-state index is 5.91. The summed E-state index contributed by atoms with van der Waals surface area (Å²) in [4.78, 5) is 6.82. The zero-order valence-corrected chi connectivity index (χ0v) is 10.7. The van der Waals surface area contributed by atoms with Gasteiger partial charge in [0.1, 0.15) is 0 Å². The molecule has 0 radical (unpaired) electrons. The average Bonchev–Trinajstić information content (AvgIpc) is 2.73. The van der Waals surface area contributed by atoms with Crippen molar-refractivity contribution in [2.75, 3.05) is 17.3 Å². The van der Waals surface area contributed by atoms with E-state index in [9.17, 15) is 0 Å². The molecule has 1 aromatic rings. The van der Waals surface area contributed by atoms with Gasteiger partial charge in [0.2, 0.25) is 5.95 Å². The Labute approximate surface area is 102 Å². The van der Waals surface area contributed by atoms with E-state index in [0.29, 0.717) is 11.9 Å². The van der Waals surface area contributed by atoms with Crippen molar-refractivity contribution < 1.29 is 0 Å². The van der Waals surface area contributed by atoms with Crippen molar-refractivity contribution in [2.24, 2.45) is 7.05 Å². The van der Waals surface area contributed by atoms with E-state index in [4.69, 9.17) is 11.6 Å². The fraction of sp³-hybridized carbons (Fsp3) is 0.750. The molecule has 0 aliphatic heterocycles. The first-order valence-corrected chi connectivity index (χ1v) is 6.66. The second-order valence-corrected chi connectivity index (χ2v) is 4.89. The highest BCUT2D eigenvalue weighted by molar-refractivity contribution is 6.18. The summed E-state index contributed by atoms with van der Waals surface area (Å²) in [5.74, 6) is 1.73. The molecule has 1 heterocycles. The lowest BCUT2D eigenvalue weighted by Gasteiger charge is -2.34. The van der Waals surface area contributed by atoms with E-state index < -0.39 is 0 Å². The summed E-state index contributed by atoms with van der Waals surface area (Å²) < 4.78 is 2.08. The van der Waals surface area contributed by atoms with E-state index >= 15 is 0 Å². The molecule has 0 spiro atoms. The molecular weight excluding hydrogens is 222 g/mol. The molecule has 0 bridgehead atoms. The highest BCUT2D eigenvalue weighted by Gasteiger charge is 2.23. The van der Waals surface area contributed by atoms with Crippen LogP contribution in [0.1, 0.15) is 32.1 Å². The molecule has 0 aromatic carbocycles. The number of alkyl halides is 1. The second-order valence-electron chi connectivity index (χ2n) is 4.51. The van der Waals surface area contributed by atoms with Crippen molar-refractivity contribution in [3.05, 3.63) is 12.4 Å². The third kappa shape index (κ3) is 2.51. The lowest BCUT2D eigenvalue weighted by Crippen LogP contribution is -2.39. The molecule has 1 aromatic heterocycles. The highest BCUT2D eigenvalue weighted by Crippen LogP contribution is 2.25. The normalized spacial score (nSPS) is 17.6. The van der Waals surface area contributed by atoms with Gasteiger partial charge in [-0.15, -0.1) is 11.6 Å². The Bertz CT molecular complexity index is 318. The maximum absolute atomic E-state index is 5.91. The van der Waals surface area contributed by atoms with Gasteiger partial charge in [-0.3, -0.25) is 0 Å². The van der Waals surface area contributed by atoms with Gasteiger partial charge in [0, 0.05) is 37.9 Å². The second kappa shape index (κ2) is 5.58. The van der Waals surface area contributed by atoms with E-state index in [0.717, 1.165) is 12.5 Å². The van der Waals surface area contributed by atoms with Crippen LogP contribution in [0.2, 0.25) is 0 Å². The summed E-state index contributed by atoms with van der Waals surface area (Å²) in [5.41, 5.74) is 0. The first-order valence-electron chi connectivity index (χ1n) is 6.13. The van der Waals surface area contributed by atoms with Crippen LogP contribution in [0.3, 0.4) is 0 Å². The number of rotatable bonds is 4. The molecular formula is C12H20ClN3. The molecule has 16 heavy (non-hydrogen) atoms. The minimum atomic E-state index is 0.633. The summed E-state index contributed by atoms with van der Waals surface area (Å²) in [5, 5.41) is 0. The van der Waals surface area contributed by atoms with Gasteiger partial charge in [0.25, 0.3) is 0 Å². The number of aromatic nitrogens is 2. The van der Waals surface area contributed by atoms with Crippen LogP contribution in [0.5, 0.6) is 0 Å². The average molecular weight is 242 g/mol. The van der Waals surface area contributed by atoms with Crippen LogP contribution in [0.4, 0.5) is 5.95 Å². The van der Waals surface area contributed by atoms with Crippen molar-refractivity contribution in [1.29, 1.82) is 0 Å². The third-order valence-electron chi connectivity index (χ3n) is 3.39. The smallest absolute Gasteiger partial charge is 0.205 e. The molecule has 0 unspecified atom stereocenters. The molecule has 0 saturated heterocycles. The Balaban J connectivity index is 2.12. The maximum Gasteiger partial charge on any atom is 0.205 e. The number of aryl methyl sites for hydroxylation is 1. The van der Waals surface area contributed by atoms with Crippen molar-refractivity contribution in [3.8, 4) is 0 Å². The summed E-state index contributed by atoms with van der Waals surface area (Å²) in [7, 11) is 2.05. The molecule has 0 atom stereocenters.